The Morgan fingerprint density at radius 2 is 1.92 bits per heavy atom. The molecule has 4 nitrogen and oxygen atoms in total. The molecule has 1 unspecified atom stereocenters. The largest absolute Gasteiger partial charge is 0.389 e. The first-order chi connectivity index (χ1) is 5.57. The van der Waals surface area contributed by atoms with Gasteiger partial charge in [0.1, 0.15) is 6.10 Å². The van der Waals surface area contributed by atoms with E-state index in [1.807, 2.05) is 0 Å². The Hall–Kier alpha value is 0.190. The van der Waals surface area contributed by atoms with Gasteiger partial charge in [-0.3, -0.25) is 0 Å². The summed E-state index contributed by atoms with van der Waals surface area (Å²) in [5, 5.41) is 18.4. The van der Waals surface area contributed by atoms with Crippen molar-refractivity contribution in [1.29, 1.82) is 0 Å². The van der Waals surface area contributed by atoms with E-state index >= 15 is 0 Å². The Bertz CT molecular complexity index is 150. The predicted octanol–water partition coefficient (Wildman–Crippen LogP) is -0.602. The van der Waals surface area contributed by atoms with Crippen molar-refractivity contribution in [2.45, 2.75) is 36.8 Å². The summed E-state index contributed by atoms with van der Waals surface area (Å²) in [6.45, 7) is 1.78. The Kier molecular flexibility index (Phi) is 3.37. The number of hydrogen-bond donors (Lipinski definition) is 3. The molecule has 0 bridgehead atoms. The minimum Gasteiger partial charge on any atom is -0.389 e. The van der Waals surface area contributed by atoms with Gasteiger partial charge in [0.15, 0.2) is 6.29 Å². The first kappa shape index (κ1) is 10.3. The van der Waals surface area contributed by atoms with E-state index in [4.69, 9.17) is 9.47 Å². The summed E-state index contributed by atoms with van der Waals surface area (Å²) in [7, 11) is 1.42. The number of thiol groups is 1. The third kappa shape index (κ3) is 1.75. The second-order valence-corrected chi connectivity index (χ2v) is 3.51. The van der Waals surface area contributed by atoms with Gasteiger partial charge in [-0.15, -0.1) is 0 Å². The van der Waals surface area contributed by atoms with Crippen molar-refractivity contribution in [2.75, 3.05) is 7.11 Å². The molecule has 0 aromatic heterocycles. The van der Waals surface area contributed by atoms with Crippen molar-refractivity contribution in [2.24, 2.45) is 0 Å². The highest BCUT2D eigenvalue weighted by molar-refractivity contribution is 7.81. The maximum Gasteiger partial charge on any atom is 0.186 e. The molecule has 0 amide bonds. The molecule has 5 atom stereocenters. The number of methoxy groups -OCH3 is 1. The van der Waals surface area contributed by atoms with Crippen LogP contribution in [0.3, 0.4) is 0 Å². The lowest BCUT2D eigenvalue weighted by atomic mass is 10.0. The molecule has 12 heavy (non-hydrogen) atoms. The molecular formula is C7H14O4S. The molecule has 1 fully saturated rings. The fourth-order valence-corrected chi connectivity index (χ4v) is 1.45. The lowest BCUT2D eigenvalue weighted by Crippen LogP contribution is -2.55. The van der Waals surface area contributed by atoms with Gasteiger partial charge in [0.25, 0.3) is 0 Å². The molecule has 0 aliphatic carbocycles. The van der Waals surface area contributed by atoms with Gasteiger partial charge in [-0.05, 0) is 6.92 Å². The van der Waals surface area contributed by atoms with Crippen molar-refractivity contribution in [1.82, 2.24) is 0 Å². The molecule has 0 radical (unpaired) electrons. The smallest absolute Gasteiger partial charge is 0.186 e. The van der Waals surface area contributed by atoms with Gasteiger partial charge in [0, 0.05) is 7.11 Å². The van der Waals surface area contributed by atoms with Gasteiger partial charge >= 0.3 is 0 Å². The Balaban J connectivity index is 2.63. The summed E-state index contributed by atoms with van der Waals surface area (Å²) in [5.41, 5.74) is 0. The van der Waals surface area contributed by atoms with Crippen LogP contribution in [0.15, 0.2) is 0 Å². The lowest BCUT2D eigenvalue weighted by Gasteiger charge is -2.38. The summed E-state index contributed by atoms with van der Waals surface area (Å²) in [6.07, 6.45) is -2.90. The van der Waals surface area contributed by atoms with Crippen LogP contribution in [0.2, 0.25) is 0 Å². The zero-order chi connectivity index (χ0) is 9.30. The average molecular weight is 194 g/mol. The third-order valence-corrected chi connectivity index (χ3v) is 2.77. The fraction of sp³-hybridized carbons (Fsp3) is 1.00. The quantitative estimate of drug-likeness (QED) is 0.488. The maximum absolute atomic E-state index is 9.43. The van der Waals surface area contributed by atoms with Crippen molar-refractivity contribution in [3.05, 3.63) is 0 Å². The Morgan fingerprint density at radius 3 is 2.42 bits per heavy atom. The van der Waals surface area contributed by atoms with E-state index in [2.05, 4.69) is 12.6 Å². The monoisotopic (exact) mass is 194 g/mol. The van der Waals surface area contributed by atoms with Gasteiger partial charge in [-0.2, -0.15) is 12.6 Å². The van der Waals surface area contributed by atoms with Gasteiger partial charge in [0.05, 0.1) is 17.5 Å². The van der Waals surface area contributed by atoms with Gasteiger partial charge in [-0.1, -0.05) is 0 Å². The van der Waals surface area contributed by atoms with Crippen LogP contribution in [0.1, 0.15) is 6.92 Å². The summed E-state index contributed by atoms with van der Waals surface area (Å²) >= 11 is 4.10. The molecule has 0 saturated carbocycles. The molecular weight excluding hydrogens is 180 g/mol. The molecule has 0 aromatic carbocycles. The molecule has 1 rings (SSSR count). The maximum atomic E-state index is 9.43. The lowest BCUT2D eigenvalue weighted by molar-refractivity contribution is -0.250. The molecule has 0 spiro atoms. The van der Waals surface area contributed by atoms with Crippen molar-refractivity contribution >= 4 is 12.6 Å². The van der Waals surface area contributed by atoms with Crippen LogP contribution in [0.25, 0.3) is 0 Å². The SMILES string of the molecule is COC1O[C@H](C)[C@H](S)[C@H](O)[C@H]1O. The molecule has 1 aliphatic heterocycles. The van der Waals surface area contributed by atoms with Crippen LogP contribution in [-0.2, 0) is 9.47 Å². The van der Waals surface area contributed by atoms with Crippen LogP contribution in [0.5, 0.6) is 0 Å². The first-order valence-corrected chi connectivity index (χ1v) is 4.32. The van der Waals surface area contributed by atoms with Crippen molar-refractivity contribution < 1.29 is 19.7 Å². The van der Waals surface area contributed by atoms with E-state index < -0.39 is 18.5 Å². The second kappa shape index (κ2) is 3.93. The van der Waals surface area contributed by atoms with Crippen molar-refractivity contribution in [3.63, 3.8) is 0 Å². The highest BCUT2D eigenvalue weighted by Gasteiger charge is 2.40. The van der Waals surface area contributed by atoms with Crippen LogP contribution in [0.4, 0.5) is 0 Å². The van der Waals surface area contributed by atoms with E-state index in [0.717, 1.165) is 0 Å². The molecule has 2 N–H and O–H groups in total. The van der Waals surface area contributed by atoms with Crippen LogP contribution in [0, 0.1) is 0 Å². The van der Waals surface area contributed by atoms with E-state index in [-0.39, 0.29) is 11.4 Å². The van der Waals surface area contributed by atoms with Crippen LogP contribution in [-0.4, -0.2) is 47.2 Å². The summed E-state index contributed by atoms with van der Waals surface area (Å²) < 4.78 is 10.0. The highest BCUT2D eigenvalue weighted by Crippen LogP contribution is 2.24. The standard InChI is InChI=1S/C7H14O4S/c1-3-6(12)4(8)5(9)7(10-2)11-3/h3-9,12H,1-2H3/t3-,4-,5-,6+,7?/m1/s1. The number of hydrogen-bond acceptors (Lipinski definition) is 5. The van der Waals surface area contributed by atoms with Crippen LogP contribution >= 0.6 is 12.6 Å². The normalized spacial score (nSPS) is 49.2. The molecule has 5 heteroatoms. The number of rotatable bonds is 1. The fourth-order valence-electron chi connectivity index (χ4n) is 1.21. The Labute approximate surface area is 76.9 Å². The summed E-state index contributed by atoms with van der Waals surface area (Å²) in [5.74, 6) is 0. The van der Waals surface area contributed by atoms with Gasteiger partial charge in [-0.25, -0.2) is 0 Å². The van der Waals surface area contributed by atoms with E-state index in [9.17, 15) is 10.2 Å². The summed E-state index contributed by atoms with van der Waals surface area (Å²) in [4.78, 5) is 0. The Morgan fingerprint density at radius 1 is 1.33 bits per heavy atom. The minimum absolute atomic E-state index is 0.225. The van der Waals surface area contributed by atoms with E-state index in [1.165, 1.54) is 7.11 Å². The molecule has 1 saturated heterocycles. The third-order valence-electron chi connectivity index (χ3n) is 2.04. The number of aliphatic hydroxyl groups is 2. The number of ether oxygens (including phenoxy) is 2. The first-order valence-electron chi connectivity index (χ1n) is 3.80. The van der Waals surface area contributed by atoms with Crippen LogP contribution < -0.4 is 0 Å². The minimum atomic E-state index is -1.02. The predicted molar refractivity (Wildman–Crippen MR) is 46.1 cm³/mol. The molecule has 1 heterocycles. The average Bonchev–Trinajstić information content (AvgIpc) is 2.08. The van der Waals surface area contributed by atoms with E-state index in [0.29, 0.717) is 0 Å². The van der Waals surface area contributed by atoms with Gasteiger partial charge < -0.3 is 19.7 Å². The molecule has 72 valence electrons. The summed E-state index contributed by atoms with van der Waals surface area (Å²) in [6, 6.07) is 0. The zero-order valence-corrected chi connectivity index (χ0v) is 7.94. The highest BCUT2D eigenvalue weighted by atomic mass is 32.1. The second-order valence-electron chi connectivity index (χ2n) is 2.92. The van der Waals surface area contributed by atoms with E-state index in [1.54, 1.807) is 6.92 Å². The number of aliphatic hydroxyl groups excluding tert-OH is 2. The van der Waals surface area contributed by atoms with Gasteiger partial charge in [0.2, 0.25) is 0 Å². The molecule has 0 aromatic rings. The van der Waals surface area contributed by atoms with Crippen molar-refractivity contribution in [3.8, 4) is 0 Å². The topological polar surface area (TPSA) is 58.9 Å². The molecule has 1 aliphatic rings. The zero-order valence-electron chi connectivity index (χ0n) is 7.04.